The van der Waals surface area contributed by atoms with Crippen molar-refractivity contribution in [1.29, 1.82) is 0 Å². The van der Waals surface area contributed by atoms with E-state index >= 15 is 0 Å². The van der Waals surface area contributed by atoms with Gasteiger partial charge in [-0.3, -0.25) is 4.79 Å². The van der Waals surface area contributed by atoms with Gasteiger partial charge in [0.25, 0.3) is 5.56 Å². The van der Waals surface area contributed by atoms with Crippen LogP contribution in [0.15, 0.2) is 47.4 Å². The Morgan fingerprint density at radius 3 is 2.57 bits per heavy atom. The van der Waals surface area contributed by atoms with Gasteiger partial charge in [-0.15, -0.1) is 11.3 Å². The first-order chi connectivity index (χ1) is 13.4. The summed E-state index contributed by atoms with van der Waals surface area (Å²) >= 11 is 1.58. The van der Waals surface area contributed by atoms with Gasteiger partial charge in [-0.1, -0.05) is 0 Å². The Labute approximate surface area is 163 Å². The summed E-state index contributed by atoms with van der Waals surface area (Å²) in [5.74, 6) is -1.01. The molecule has 4 aromatic rings. The molecule has 5 nitrogen and oxygen atoms in total. The first-order valence-electron chi connectivity index (χ1n) is 8.55. The molecule has 0 unspecified atom stereocenters. The van der Waals surface area contributed by atoms with Crippen molar-refractivity contribution in [3.63, 3.8) is 0 Å². The van der Waals surface area contributed by atoms with Gasteiger partial charge < -0.3 is 9.88 Å². The van der Waals surface area contributed by atoms with Crippen LogP contribution >= 0.6 is 11.3 Å². The molecule has 0 bridgehead atoms. The number of halogens is 2. The Hall–Kier alpha value is -3.13. The van der Waals surface area contributed by atoms with Crippen LogP contribution in [0.25, 0.3) is 10.2 Å². The topological polar surface area (TPSA) is 59.8 Å². The molecule has 0 spiro atoms. The van der Waals surface area contributed by atoms with Crippen LogP contribution in [0.2, 0.25) is 0 Å². The summed E-state index contributed by atoms with van der Waals surface area (Å²) in [4.78, 5) is 20.3. The number of hydrogen-bond acceptors (Lipinski definition) is 5. The van der Waals surface area contributed by atoms with Gasteiger partial charge in [-0.05, 0) is 49.2 Å². The van der Waals surface area contributed by atoms with E-state index in [1.807, 2.05) is 26.0 Å². The molecule has 0 aliphatic rings. The summed E-state index contributed by atoms with van der Waals surface area (Å²) in [6, 6.07) is 8.56. The predicted molar refractivity (Wildman–Crippen MR) is 106 cm³/mol. The van der Waals surface area contributed by atoms with Gasteiger partial charge in [0.2, 0.25) is 5.95 Å². The third-order valence-corrected chi connectivity index (χ3v) is 5.18. The Morgan fingerprint density at radius 1 is 1.07 bits per heavy atom. The van der Waals surface area contributed by atoms with Crippen molar-refractivity contribution in [1.82, 2.24) is 14.5 Å². The third kappa shape index (κ3) is 3.77. The van der Waals surface area contributed by atoms with Gasteiger partial charge in [0, 0.05) is 24.0 Å². The molecule has 0 atom stereocenters. The number of aryl methyl sites for hydroxylation is 2. The van der Waals surface area contributed by atoms with Gasteiger partial charge in [0.15, 0.2) is 0 Å². The van der Waals surface area contributed by atoms with Crippen LogP contribution in [0.4, 0.5) is 20.4 Å². The number of fused-ring (bicyclic) bond motifs is 1. The average molecular weight is 398 g/mol. The average Bonchev–Trinajstić information content (AvgIpc) is 2.95. The minimum absolute atomic E-state index is 0.158. The fourth-order valence-corrected chi connectivity index (χ4v) is 3.85. The Morgan fingerprint density at radius 2 is 1.82 bits per heavy atom. The van der Waals surface area contributed by atoms with E-state index in [9.17, 15) is 13.6 Å². The fourth-order valence-electron chi connectivity index (χ4n) is 3.01. The van der Waals surface area contributed by atoms with E-state index in [1.165, 1.54) is 18.2 Å². The quantitative estimate of drug-likeness (QED) is 0.548. The molecule has 2 aromatic carbocycles. The molecule has 1 N–H and O–H groups in total. The van der Waals surface area contributed by atoms with Crippen molar-refractivity contribution >= 4 is 33.2 Å². The minimum atomic E-state index is -0.652. The lowest BCUT2D eigenvalue weighted by Gasteiger charge is -2.15. The number of aromatic nitrogens is 3. The number of nitrogens with one attached hydrogen (secondary N) is 1. The van der Waals surface area contributed by atoms with Crippen LogP contribution < -0.4 is 10.9 Å². The van der Waals surface area contributed by atoms with E-state index in [-0.39, 0.29) is 6.54 Å². The molecule has 8 heteroatoms. The summed E-state index contributed by atoms with van der Waals surface area (Å²) in [6.07, 6.45) is 1.55. The van der Waals surface area contributed by atoms with Crippen LogP contribution in [-0.4, -0.2) is 14.5 Å². The first kappa shape index (κ1) is 18.2. The van der Waals surface area contributed by atoms with Crippen LogP contribution in [0, 0.1) is 25.5 Å². The Kier molecular flexibility index (Phi) is 4.64. The number of benzene rings is 2. The molecule has 0 fully saturated rings. The van der Waals surface area contributed by atoms with E-state index in [0.717, 1.165) is 32.5 Å². The molecule has 2 aromatic heterocycles. The maximum atomic E-state index is 13.5. The minimum Gasteiger partial charge on any atom is -0.325 e. The molecule has 28 heavy (non-hydrogen) atoms. The normalized spacial score (nSPS) is 11.1. The third-order valence-electron chi connectivity index (χ3n) is 4.25. The van der Waals surface area contributed by atoms with E-state index in [4.69, 9.17) is 0 Å². The Bertz CT molecular complexity index is 1230. The SMILES string of the molecule is Cc1nc2cc(C)c(Nc3nc(=O)ccn3Cc3cc(F)cc(F)c3)cc2s1. The zero-order valence-electron chi connectivity index (χ0n) is 15.2. The van der Waals surface area contributed by atoms with Crippen molar-refractivity contribution in [2.45, 2.75) is 20.4 Å². The Balaban J connectivity index is 1.72. The molecule has 0 aliphatic carbocycles. The number of hydrogen-bond donors (Lipinski definition) is 1. The summed E-state index contributed by atoms with van der Waals surface area (Å²) in [7, 11) is 0. The molecule has 2 heterocycles. The summed E-state index contributed by atoms with van der Waals surface area (Å²) in [5.41, 5.74) is 2.67. The van der Waals surface area contributed by atoms with Gasteiger partial charge in [-0.2, -0.15) is 4.98 Å². The van der Waals surface area contributed by atoms with Crippen molar-refractivity contribution in [2.24, 2.45) is 0 Å². The molecule has 0 aliphatic heterocycles. The van der Waals surface area contributed by atoms with Crippen LogP contribution in [-0.2, 0) is 6.54 Å². The van der Waals surface area contributed by atoms with E-state index < -0.39 is 17.2 Å². The highest BCUT2D eigenvalue weighted by Gasteiger charge is 2.10. The van der Waals surface area contributed by atoms with Crippen molar-refractivity contribution in [2.75, 3.05) is 5.32 Å². The summed E-state index contributed by atoms with van der Waals surface area (Å²) in [6.45, 7) is 4.04. The molecular weight excluding hydrogens is 382 g/mol. The lowest BCUT2D eigenvalue weighted by atomic mass is 10.2. The molecule has 142 valence electrons. The second kappa shape index (κ2) is 7.12. The van der Waals surface area contributed by atoms with Crippen molar-refractivity contribution in [3.05, 3.63) is 80.7 Å². The zero-order chi connectivity index (χ0) is 19.8. The molecule has 0 saturated carbocycles. The summed E-state index contributed by atoms with van der Waals surface area (Å²) in [5, 5.41) is 4.14. The smallest absolute Gasteiger partial charge is 0.274 e. The largest absolute Gasteiger partial charge is 0.325 e. The highest BCUT2D eigenvalue weighted by atomic mass is 32.1. The summed E-state index contributed by atoms with van der Waals surface area (Å²) < 4.78 is 29.7. The molecular formula is C20H16F2N4OS. The highest BCUT2D eigenvalue weighted by molar-refractivity contribution is 7.18. The second-order valence-corrected chi connectivity index (χ2v) is 7.72. The van der Waals surface area contributed by atoms with Crippen LogP contribution in [0.1, 0.15) is 16.1 Å². The van der Waals surface area contributed by atoms with Gasteiger partial charge in [0.05, 0.1) is 21.8 Å². The highest BCUT2D eigenvalue weighted by Crippen LogP contribution is 2.29. The molecule has 4 rings (SSSR count). The maximum absolute atomic E-state index is 13.5. The van der Waals surface area contributed by atoms with Crippen molar-refractivity contribution in [3.8, 4) is 0 Å². The van der Waals surface area contributed by atoms with Crippen LogP contribution in [0.3, 0.4) is 0 Å². The fraction of sp³-hybridized carbons (Fsp3) is 0.150. The number of rotatable bonds is 4. The van der Waals surface area contributed by atoms with Gasteiger partial charge >= 0.3 is 0 Å². The zero-order valence-corrected chi connectivity index (χ0v) is 16.0. The molecule has 0 saturated heterocycles. The van der Waals surface area contributed by atoms with E-state index in [2.05, 4.69) is 15.3 Å². The number of nitrogens with zero attached hydrogens (tertiary/aromatic N) is 3. The molecule has 0 radical (unpaired) electrons. The molecule has 0 amide bonds. The van der Waals surface area contributed by atoms with E-state index in [1.54, 1.807) is 22.1 Å². The van der Waals surface area contributed by atoms with Gasteiger partial charge in [0.1, 0.15) is 11.6 Å². The predicted octanol–water partition coefficient (Wildman–Crippen LogP) is 4.54. The van der Waals surface area contributed by atoms with Crippen LogP contribution in [0.5, 0.6) is 0 Å². The monoisotopic (exact) mass is 398 g/mol. The van der Waals surface area contributed by atoms with Crippen molar-refractivity contribution < 1.29 is 8.78 Å². The second-order valence-electron chi connectivity index (χ2n) is 6.49. The lowest BCUT2D eigenvalue weighted by Crippen LogP contribution is -2.16. The number of anilines is 2. The van der Waals surface area contributed by atoms with Gasteiger partial charge in [-0.25, -0.2) is 13.8 Å². The standard InChI is InChI=1S/C20H16F2N4OS/c1-11-5-17-18(28-12(2)23-17)9-16(11)24-20-25-19(27)3-4-26(20)10-13-6-14(21)8-15(22)7-13/h3-9H,10H2,1-2H3,(H,24,25,27). The van der Waals surface area contributed by atoms with E-state index in [0.29, 0.717) is 11.5 Å². The maximum Gasteiger partial charge on any atom is 0.274 e. The lowest BCUT2D eigenvalue weighted by molar-refractivity contribution is 0.577. The number of thiazole rings is 1. The first-order valence-corrected chi connectivity index (χ1v) is 9.36.